The predicted octanol–water partition coefficient (Wildman–Crippen LogP) is 5.50. The molecule has 0 atom stereocenters. The smallest absolute Gasteiger partial charge is 0.165 e. The summed E-state index contributed by atoms with van der Waals surface area (Å²) in [6, 6.07) is 16.3. The van der Waals surface area contributed by atoms with E-state index in [1.807, 2.05) is 24.3 Å². The third-order valence-corrected chi connectivity index (χ3v) is 5.70. The van der Waals surface area contributed by atoms with Crippen LogP contribution < -0.4 is 10.6 Å². The van der Waals surface area contributed by atoms with Gasteiger partial charge in [-0.15, -0.1) is 0 Å². The number of nitrogens with zero attached hydrogens (tertiary/aromatic N) is 1. The van der Waals surface area contributed by atoms with Crippen molar-refractivity contribution in [1.29, 1.82) is 0 Å². The Morgan fingerprint density at radius 3 is 2.21 bits per heavy atom. The molecular weight excluding hydrogens is 344 g/mol. The van der Waals surface area contributed by atoms with Gasteiger partial charge in [0.25, 0.3) is 0 Å². The molecule has 0 amide bonds. The summed E-state index contributed by atoms with van der Waals surface area (Å²) in [6.45, 7) is 11.9. The third-order valence-electron chi connectivity index (χ3n) is 5.70. The van der Waals surface area contributed by atoms with Crippen LogP contribution in [-0.4, -0.2) is 12.3 Å². The summed E-state index contributed by atoms with van der Waals surface area (Å²) in [5.74, 6) is 0.186. The van der Waals surface area contributed by atoms with Crippen molar-refractivity contribution < 1.29 is 4.79 Å². The molecule has 2 aromatic rings. The van der Waals surface area contributed by atoms with Crippen LogP contribution in [0, 0.1) is 5.41 Å². The van der Waals surface area contributed by atoms with Gasteiger partial charge >= 0.3 is 0 Å². The lowest BCUT2D eigenvalue weighted by Gasteiger charge is -2.37. The number of anilines is 2. The van der Waals surface area contributed by atoms with Gasteiger partial charge in [0.05, 0.1) is 0 Å². The Kier molecular flexibility index (Phi) is 5.38. The molecule has 2 N–H and O–H groups in total. The first kappa shape index (κ1) is 20.2. The number of Topliss-reactive ketones (excluding diaryl/α,β-unsaturated/α-hetero) is 1. The topological polar surface area (TPSA) is 46.3 Å². The Hall–Kier alpha value is -2.55. The first-order valence-corrected chi connectivity index (χ1v) is 10.0. The zero-order valence-electron chi connectivity index (χ0n) is 17.8. The van der Waals surface area contributed by atoms with Crippen LogP contribution in [0.3, 0.4) is 0 Å². The molecular formula is C25H32N2O. The van der Waals surface area contributed by atoms with Crippen molar-refractivity contribution in [1.82, 2.24) is 0 Å². The molecule has 0 spiro atoms. The van der Waals surface area contributed by atoms with E-state index in [1.165, 1.54) is 5.56 Å². The highest BCUT2D eigenvalue weighted by Gasteiger charge is 2.33. The number of allylic oxidation sites excluding steroid dienone is 1. The van der Waals surface area contributed by atoms with E-state index in [1.54, 1.807) is 0 Å². The second-order valence-corrected chi connectivity index (χ2v) is 9.51. The third kappa shape index (κ3) is 4.46. The van der Waals surface area contributed by atoms with Crippen LogP contribution in [0.1, 0.15) is 52.2 Å². The van der Waals surface area contributed by atoms with Gasteiger partial charge in [0.15, 0.2) is 5.78 Å². The van der Waals surface area contributed by atoms with Crippen molar-refractivity contribution in [2.45, 2.75) is 52.9 Å². The number of ketones is 1. The number of hydrogen-bond acceptors (Lipinski definition) is 3. The van der Waals surface area contributed by atoms with Gasteiger partial charge in [-0.2, -0.15) is 0 Å². The molecule has 0 fully saturated rings. The van der Waals surface area contributed by atoms with Crippen molar-refractivity contribution in [3.8, 4) is 0 Å². The van der Waals surface area contributed by atoms with Gasteiger partial charge in [-0.25, -0.2) is 0 Å². The summed E-state index contributed by atoms with van der Waals surface area (Å²) in [6.07, 6.45) is 3.43. The molecule has 0 aromatic heterocycles. The lowest BCUT2D eigenvalue weighted by atomic mass is 9.76. The molecule has 3 nitrogen and oxygen atoms in total. The number of carbonyl (C=O) groups excluding carboxylic acids is 1. The summed E-state index contributed by atoms with van der Waals surface area (Å²) in [5.41, 5.74) is 10.9. The minimum atomic E-state index is -0.118. The van der Waals surface area contributed by atoms with E-state index in [9.17, 15) is 4.79 Å². The van der Waals surface area contributed by atoms with Crippen LogP contribution >= 0.6 is 0 Å². The molecule has 1 aliphatic rings. The molecule has 1 heterocycles. The predicted molar refractivity (Wildman–Crippen MR) is 119 cm³/mol. The van der Waals surface area contributed by atoms with E-state index >= 15 is 0 Å². The maximum absolute atomic E-state index is 13.1. The molecule has 148 valence electrons. The Labute approximate surface area is 169 Å². The lowest BCUT2D eigenvalue weighted by molar-refractivity contribution is -0.116. The van der Waals surface area contributed by atoms with Crippen LogP contribution in [0.4, 0.5) is 11.4 Å². The second-order valence-electron chi connectivity index (χ2n) is 9.51. The van der Waals surface area contributed by atoms with Gasteiger partial charge in [-0.3, -0.25) is 4.79 Å². The number of nitrogen functional groups attached to an aromatic ring is 1. The normalized spacial score (nSPS) is 16.6. The van der Waals surface area contributed by atoms with E-state index in [4.69, 9.17) is 5.73 Å². The molecule has 0 radical (unpaired) electrons. The molecule has 2 aromatic carbocycles. The molecule has 28 heavy (non-hydrogen) atoms. The quantitative estimate of drug-likeness (QED) is 0.717. The highest BCUT2D eigenvalue weighted by atomic mass is 16.1. The van der Waals surface area contributed by atoms with Crippen LogP contribution in [-0.2, 0) is 16.6 Å². The molecule has 0 saturated carbocycles. The Bertz CT molecular complexity index is 868. The summed E-state index contributed by atoms with van der Waals surface area (Å²) in [5, 5.41) is 0. The van der Waals surface area contributed by atoms with Gasteiger partial charge in [-0.1, -0.05) is 58.9 Å². The monoisotopic (exact) mass is 376 g/mol. The molecule has 0 unspecified atom stereocenters. The van der Waals surface area contributed by atoms with E-state index in [2.05, 4.69) is 70.0 Å². The fourth-order valence-corrected chi connectivity index (χ4v) is 3.65. The maximum atomic E-state index is 13.1. The SMILES string of the molecule is CC1(C)CCN(c2ccc(C(C)(C)C)cc2)C=C1C(=O)Cc1ccc(N)cc1. The average molecular weight is 377 g/mol. The van der Waals surface area contributed by atoms with Crippen molar-refractivity contribution in [2.24, 2.45) is 5.41 Å². The maximum Gasteiger partial charge on any atom is 0.165 e. The Morgan fingerprint density at radius 1 is 1.04 bits per heavy atom. The summed E-state index contributed by atoms with van der Waals surface area (Å²) in [7, 11) is 0. The summed E-state index contributed by atoms with van der Waals surface area (Å²) in [4.78, 5) is 15.3. The summed E-state index contributed by atoms with van der Waals surface area (Å²) >= 11 is 0. The highest BCUT2D eigenvalue weighted by molar-refractivity contribution is 5.98. The number of benzene rings is 2. The van der Waals surface area contributed by atoms with E-state index in [0.29, 0.717) is 6.42 Å². The van der Waals surface area contributed by atoms with Crippen LogP contribution in [0.2, 0.25) is 0 Å². The van der Waals surface area contributed by atoms with Gasteiger partial charge in [0.2, 0.25) is 0 Å². The fraction of sp³-hybridized carbons (Fsp3) is 0.400. The zero-order valence-corrected chi connectivity index (χ0v) is 17.8. The van der Waals surface area contributed by atoms with E-state index < -0.39 is 0 Å². The van der Waals surface area contributed by atoms with Crippen LogP contribution in [0.25, 0.3) is 0 Å². The van der Waals surface area contributed by atoms with Gasteiger partial charge in [0, 0.05) is 36.1 Å². The van der Waals surface area contributed by atoms with Crippen molar-refractivity contribution in [2.75, 3.05) is 17.2 Å². The van der Waals surface area contributed by atoms with Gasteiger partial charge in [-0.05, 0) is 52.6 Å². The largest absolute Gasteiger partial charge is 0.399 e. The zero-order chi connectivity index (χ0) is 20.5. The van der Waals surface area contributed by atoms with Crippen LogP contribution in [0.15, 0.2) is 60.3 Å². The molecule has 0 aliphatic carbocycles. The molecule has 0 bridgehead atoms. The van der Waals surface area contributed by atoms with Gasteiger partial charge < -0.3 is 10.6 Å². The number of rotatable bonds is 4. The van der Waals surface area contributed by atoms with Gasteiger partial charge in [0.1, 0.15) is 0 Å². The number of hydrogen-bond donors (Lipinski definition) is 1. The first-order chi connectivity index (χ1) is 13.1. The fourth-order valence-electron chi connectivity index (χ4n) is 3.65. The van der Waals surface area contributed by atoms with Crippen molar-refractivity contribution in [3.63, 3.8) is 0 Å². The Morgan fingerprint density at radius 2 is 1.64 bits per heavy atom. The van der Waals surface area contributed by atoms with E-state index in [0.717, 1.165) is 35.5 Å². The molecule has 1 aliphatic heterocycles. The lowest BCUT2D eigenvalue weighted by Crippen LogP contribution is -2.35. The van der Waals surface area contributed by atoms with Crippen molar-refractivity contribution >= 4 is 17.2 Å². The average Bonchev–Trinajstić information content (AvgIpc) is 2.63. The second kappa shape index (κ2) is 7.46. The Balaban J connectivity index is 1.84. The molecule has 0 saturated heterocycles. The minimum Gasteiger partial charge on any atom is -0.399 e. The molecule has 3 heteroatoms. The standard InChI is InChI=1S/C25H32N2O/c1-24(2,3)19-8-12-21(13-9-19)27-15-14-25(4,5)22(17-27)23(28)16-18-6-10-20(26)11-7-18/h6-13,17H,14-16,26H2,1-5H3. The van der Waals surface area contributed by atoms with Crippen molar-refractivity contribution in [3.05, 3.63) is 71.4 Å². The number of nitrogens with two attached hydrogens (primary N) is 1. The first-order valence-electron chi connectivity index (χ1n) is 10.0. The minimum absolute atomic E-state index is 0.118. The number of carbonyl (C=O) groups is 1. The summed E-state index contributed by atoms with van der Waals surface area (Å²) < 4.78 is 0. The van der Waals surface area contributed by atoms with Crippen LogP contribution in [0.5, 0.6) is 0 Å². The molecule has 3 rings (SSSR count). The van der Waals surface area contributed by atoms with E-state index in [-0.39, 0.29) is 16.6 Å². The highest BCUT2D eigenvalue weighted by Crippen LogP contribution is 2.37.